The molecule has 0 aliphatic carbocycles. The van der Waals surface area contributed by atoms with E-state index in [0.29, 0.717) is 16.6 Å². The Bertz CT molecular complexity index is 663. The highest BCUT2D eigenvalue weighted by atomic mass is 35.5. The summed E-state index contributed by atoms with van der Waals surface area (Å²) >= 11 is 11.8. The summed E-state index contributed by atoms with van der Waals surface area (Å²) in [7, 11) is 0. The number of hydrogen-bond acceptors (Lipinski definition) is 1. The van der Waals surface area contributed by atoms with Crippen LogP contribution >= 0.6 is 23.2 Å². The zero-order chi connectivity index (χ0) is 15.2. The maximum absolute atomic E-state index is 11.8. The summed E-state index contributed by atoms with van der Waals surface area (Å²) in [5, 5.41) is 3.79. The second-order valence-corrected chi connectivity index (χ2v) is 5.52. The molecule has 0 heterocycles. The number of amides is 1. The third-order valence-corrected chi connectivity index (χ3v) is 3.69. The number of carbonyl (C=O) groups excluding carboxylic acids is 1. The highest BCUT2D eigenvalue weighted by molar-refractivity contribution is 6.42. The first-order valence-corrected chi connectivity index (χ1v) is 7.27. The third-order valence-electron chi connectivity index (χ3n) is 2.96. The Morgan fingerprint density at radius 3 is 2.48 bits per heavy atom. The van der Waals surface area contributed by atoms with E-state index in [-0.39, 0.29) is 5.91 Å². The van der Waals surface area contributed by atoms with Crippen molar-refractivity contribution in [3.05, 3.63) is 75.3 Å². The van der Waals surface area contributed by atoms with Gasteiger partial charge in [0.25, 0.3) is 0 Å². The van der Waals surface area contributed by atoms with Crippen LogP contribution < -0.4 is 5.32 Å². The maximum Gasteiger partial charge on any atom is 0.244 e. The number of carbonyl (C=O) groups is 1. The fourth-order valence-electron chi connectivity index (χ4n) is 1.75. The third kappa shape index (κ3) is 4.92. The minimum absolute atomic E-state index is 0.151. The van der Waals surface area contributed by atoms with Crippen molar-refractivity contribution in [2.75, 3.05) is 0 Å². The van der Waals surface area contributed by atoms with Crippen LogP contribution in [0.4, 0.5) is 0 Å². The number of halogens is 2. The second kappa shape index (κ2) is 7.30. The number of rotatable bonds is 4. The first-order chi connectivity index (χ1) is 10.0. The summed E-state index contributed by atoms with van der Waals surface area (Å²) in [6.45, 7) is 2.44. The van der Waals surface area contributed by atoms with Gasteiger partial charge in [0.15, 0.2) is 0 Å². The molecule has 21 heavy (non-hydrogen) atoms. The molecular formula is C17H15Cl2NO. The number of aryl methyl sites for hydroxylation is 1. The highest BCUT2D eigenvalue weighted by Crippen LogP contribution is 2.22. The molecule has 2 nitrogen and oxygen atoms in total. The zero-order valence-corrected chi connectivity index (χ0v) is 13.1. The van der Waals surface area contributed by atoms with Gasteiger partial charge in [-0.05, 0) is 36.3 Å². The van der Waals surface area contributed by atoms with Gasteiger partial charge in [0.2, 0.25) is 5.91 Å². The average molecular weight is 320 g/mol. The monoisotopic (exact) mass is 319 g/mol. The highest BCUT2D eigenvalue weighted by Gasteiger charge is 2.01. The van der Waals surface area contributed by atoms with Gasteiger partial charge >= 0.3 is 0 Å². The van der Waals surface area contributed by atoms with Crippen molar-refractivity contribution >= 4 is 35.2 Å². The second-order valence-electron chi connectivity index (χ2n) is 4.71. The summed E-state index contributed by atoms with van der Waals surface area (Å²) in [4.78, 5) is 11.8. The van der Waals surface area contributed by atoms with Crippen molar-refractivity contribution < 1.29 is 4.79 Å². The number of hydrogen-bond donors (Lipinski definition) is 1. The molecule has 0 aliphatic heterocycles. The van der Waals surface area contributed by atoms with Crippen LogP contribution in [-0.2, 0) is 11.3 Å². The Balaban J connectivity index is 1.89. The Kier molecular flexibility index (Phi) is 5.43. The van der Waals surface area contributed by atoms with E-state index in [9.17, 15) is 4.79 Å². The predicted octanol–water partition coefficient (Wildman–Crippen LogP) is 4.63. The first kappa shape index (κ1) is 15.6. The van der Waals surface area contributed by atoms with Gasteiger partial charge in [0.05, 0.1) is 10.0 Å². The molecule has 2 aromatic rings. The first-order valence-electron chi connectivity index (χ1n) is 6.51. The van der Waals surface area contributed by atoms with Crippen LogP contribution in [0.1, 0.15) is 16.7 Å². The quantitative estimate of drug-likeness (QED) is 0.818. The van der Waals surface area contributed by atoms with Crippen LogP contribution in [-0.4, -0.2) is 5.91 Å². The molecule has 0 saturated heterocycles. The van der Waals surface area contributed by atoms with Crippen LogP contribution in [0.5, 0.6) is 0 Å². The number of benzene rings is 2. The summed E-state index contributed by atoms with van der Waals surface area (Å²) < 4.78 is 0. The van der Waals surface area contributed by atoms with E-state index >= 15 is 0 Å². The van der Waals surface area contributed by atoms with Crippen molar-refractivity contribution in [2.45, 2.75) is 13.5 Å². The Morgan fingerprint density at radius 1 is 1.10 bits per heavy atom. The summed E-state index contributed by atoms with van der Waals surface area (Å²) in [5.41, 5.74) is 3.09. The summed E-state index contributed by atoms with van der Waals surface area (Å²) in [6.07, 6.45) is 3.30. The van der Waals surface area contributed by atoms with Crippen LogP contribution in [0.3, 0.4) is 0 Å². The topological polar surface area (TPSA) is 29.1 Å². The fraction of sp³-hybridized carbons (Fsp3) is 0.118. The van der Waals surface area contributed by atoms with Gasteiger partial charge in [-0.3, -0.25) is 4.79 Å². The largest absolute Gasteiger partial charge is 0.348 e. The normalized spacial score (nSPS) is 10.8. The molecule has 0 aromatic heterocycles. The molecule has 0 fully saturated rings. The standard InChI is InChI=1S/C17H15Cl2NO/c1-12-2-4-13(5-3-12)7-9-17(21)20-11-14-6-8-15(18)16(19)10-14/h2-10H,11H2,1H3,(H,20,21). The summed E-state index contributed by atoms with van der Waals surface area (Å²) in [5.74, 6) is -0.151. The molecule has 0 spiro atoms. The van der Waals surface area contributed by atoms with Crippen LogP contribution in [0.15, 0.2) is 48.5 Å². The molecular weight excluding hydrogens is 305 g/mol. The van der Waals surface area contributed by atoms with E-state index in [1.54, 1.807) is 18.2 Å². The molecule has 0 bridgehead atoms. The molecule has 108 valence electrons. The fourth-order valence-corrected chi connectivity index (χ4v) is 2.07. The van der Waals surface area contributed by atoms with Gasteiger partial charge in [-0.2, -0.15) is 0 Å². The van der Waals surface area contributed by atoms with Gasteiger partial charge < -0.3 is 5.32 Å². The van der Waals surface area contributed by atoms with Crippen molar-refractivity contribution in [3.63, 3.8) is 0 Å². The van der Waals surface area contributed by atoms with Crippen molar-refractivity contribution in [2.24, 2.45) is 0 Å². The van der Waals surface area contributed by atoms with E-state index in [1.807, 2.05) is 37.3 Å². The van der Waals surface area contributed by atoms with Crippen LogP contribution in [0.2, 0.25) is 10.0 Å². The average Bonchev–Trinajstić information content (AvgIpc) is 2.48. The molecule has 0 aliphatic rings. The SMILES string of the molecule is Cc1ccc(C=CC(=O)NCc2ccc(Cl)c(Cl)c2)cc1. The molecule has 0 unspecified atom stereocenters. The Morgan fingerprint density at radius 2 is 1.81 bits per heavy atom. The molecule has 1 N–H and O–H groups in total. The molecule has 0 saturated carbocycles. The van der Waals surface area contributed by atoms with Gasteiger partial charge in [-0.15, -0.1) is 0 Å². The molecule has 4 heteroatoms. The van der Waals surface area contributed by atoms with Crippen molar-refractivity contribution in [1.29, 1.82) is 0 Å². The summed E-state index contributed by atoms with van der Waals surface area (Å²) in [6, 6.07) is 13.2. The van der Waals surface area contributed by atoms with E-state index in [2.05, 4.69) is 5.32 Å². The smallest absolute Gasteiger partial charge is 0.244 e. The molecule has 0 atom stereocenters. The van der Waals surface area contributed by atoms with E-state index in [1.165, 1.54) is 11.6 Å². The molecule has 2 aromatic carbocycles. The van der Waals surface area contributed by atoms with E-state index in [0.717, 1.165) is 11.1 Å². The lowest BCUT2D eigenvalue weighted by molar-refractivity contribution is -0.116. The molecule has 0 radical (unpaired) electrons. The van der Waals surface area contributed by atoms with Crippen molar-refractivity contribution in [1.82, 2.24) is 5.32 Å². The van der Waals surface area contributed by atoms with Gasteiger partial charge in [0, 0.05) is 12.6 Å². The molecule has 1 amide bonds. The minimum atomic E-state index is -0.151. The van der Waals surface area contributed by atoms with Crippen molar-refractivity contribution in [3.8, 4) is 0 Å². The lowest BCUT2D eigenvalue weighted by Crippen LogP contribution is -2.20. The zero-order valence-electron chi connectivity index (χ0n) is 11.6. The lowest BCUT2D eigenvalue weighted by Gasteiger charge is -2.04. The Labute approximate surface area is 134 Å². The lowest BCUT2D eigenvalue weighted by atomic mass is 10.1. The molecule has 2 rings (SSSR count). The van der Waals surface area contributed by atoms with Gasteiger partial charge in [-0.1, -0.05) is 59.1 Å². The van der Waals surface area contributed by atoms with Crippen LogP contribution in [0.25, 0.3) is 6.08 Å². The predicted molar refractivity (Wildman–Crippen MR) is 88.5 cm³/mol. The van der Waals surface area contributed by atoms with Gasteiger partial charge in [0.1, 0.15) is 0 Å². The maximum atomic E-state index is 11.8. The van der Waals surface area contributed by atoms with Gasteiger partial charge in [-0.25, -0.2) is 0 Å². The van der Waals surface area contributed by atoms with Crippen LogP contribution in [0, 0.1) is 6.92 Å². The van der Waals surface area contributed by atoms with E-state index < -0.39 is 0 Å². The minimum Gasteiger partial charge on any atom is -0.348 e. The number of nitrogens with one attached hydrogen (secondary N) is 1. The Hall–Kier alpha value is -1.77. The van der Waals surface area contributed by atoms with E-state index in [4.69, 9.17) is 23.2 Å².